The van der Waals surface area contributed by atoms with Gasteiger partial charge in [0.1, 0.15) is 5.69 Å². The summed E-state index contributed by atoms with van der Waals surface area (Å²) < 4.78 is 1.13. The molecule has 0 radical (unpaired) electrons. The fraction of sp³-hybridized carbons (Fsp3) is 0.0625. The van der Waals surface area contributed by atoms with Gasteiger partial charge in [0.25, 0.3) is 5.91 Å². The first-order chi connectivity index (χ1) is 11.0. The second kappa shape index (κ2) is 6.12. The zero-order valence-corrected chi connectivity index (χ0v) is 13.3. The lowest BCUT2D eigenvalue weighted by molar-refractivity contribution is 0.0949. The standard InChI is InChI=1S/C16H11Cl2N3O2/c17-10-5-3-6-11(18)14(10)16(23)21-12-7-2-1-4-9(12)15(20-21)13(22)8-19/h1-7H,8,19H2. The van der Waals surface area contributed by atoms with Crippen molar-refractivity contribution in [2.45, 2.75) is 0 Å². The average molecular weight is 348 g/mol. The van der Waals surface area contributed by atoms with Crippen molar-refractivity contribution < 1.29 is 9.59 Å². The fourth-order valence-corrected chi connectivity index (χ4v) is 2.89. The molecular weight excluding hydrogens is 337 g/mol. The van der Waals surface area contributed by atoms with Gasteiger partial charge in [0.15, 0.2) is 5.78 Å². The highest BCUT2D eigenvalue weighted by Gasteiger charge is 2.23. The van der Waals surface area contributed by atoms with Crippen LogP contribution in [0, 0.1) is 0 Å². The highest BCUT2D eigenvalue weighted by Crippen LogP contribution is 2.27. The van der Waals surface area contributed by atoms with Gasteiger partial charge in [-0.25, -0.2) is 0 Å². The van der Waals surface area contributed by atoms with Gasteiger partial charge in [-0.05, 0) is 18.2 Å². The quantitative estimate of drug-likeness (QED) is 0.738. The average Bonchev–Trinajstić information content (AvgIpc) is 2.93. The third-order valence-electron chi connectivity index (χ3n) is 3.41. The van der Waals surface area contributed by atoms with E-state index in [1.54, 1.807) is 42.5 Å². The first-order valence-corrected chi connectivity index (χ1v) is 7.50. The van der Waals surface area contributed by atoms with E-state index in [0.29, 0.717) is 10.9 Å². The Kier molecular flexibility index (Phi) is 4.17. The Hall–Kier alpha value is -2.21. The lowest BCUT2D eigenvalue weighted by atomic mass is 10.1. The van der Waals surface area contributed by atoms with Crippen LogP contribution in [0.1, 0.15) is 20.8 Å². The number of carbonyl (C=O) groups is 2. The predicted molar refractivity (Wildman–Crippen MR) is 89.3 cm³/mol. The summed E-state index contributed by atoms with van der Waals surface area (Å²) in [5, 5.41) is 5.13. The van der Waals surface area contributed by atoms with Crippen molar-refractivity contribution in [2.24, 2.45) is 5.73 Å². The third kappa shape index (κ3) is 2.63. The lowest BCUT2D eigenvalue weighted by Gasteiger charge is -2.06. The number of para-hydroxylation sites is 1. The second-order valence-corrected chi connectivity index (χ2v) is 5.62. The molecule has 2 N–H and O–H groups in total. The Balaban J connectivity index is 2.25. The Morgan fingerprint density at radius 2 is 1.70 bits per heavy atom. The molecule has 116 valence electrons. The zero-order chi connectivity index (χ0) is 16.6. The largest absolute Gasteiger partial charge is 0.324 e. The number of rotatable bonds is 3. The highest BCUT2D eigenvalue weighted by molar-refractivity contribution is 6.40. The summed E-state index contributed by atoms with van der Waals surface area (Å²) >= 11 is 12.2. The number of halogens is 2. The topological polar surface area (TPSA) is 78.0 Å². The monoisotopic (exact) mass is 347 g/mol. The van der Waals surface area contributed by atoms with Crippen molar-refractivity contribution in [1.82, 2.24) is 9.78 Å². The van der Waals surface area contributed by atoms with Gasteiger partial charge >= 0.3 is 0 Å². The summed E-state index contributed by atoms with van der Waals surface area (Å²) in [6, 6.07) is 11.7. The van der Waals surface area contributed by atoms with Gasteiger partial charge < -0.3 is 5.73 Å². The highest BCUT2D eigenvalue weighted by atomic mass is 35.5. The Morgan fingerprint density at radius 3 is 2.35 bits per heavy atom. The fourth-order valence-electron chi connectivity index (χ4n) is 2.33. The molecule has 0 aliphatic carbocycles. The molecule has 0 bridgehead atoms. The van der Waals surface area contributed by atoms with Crippen molar-refractivity contribution >= 4 is 45.8 Å². The summed E-state index contributed by atoms with van der Waals surface area (Å²) in [4.78, 5) is 24.8. The number of ketones is 1. The number of carbonyl (C=O) groups excluding carboxylic acids is 2. The van der Waals surface area contributed by atoms with Crippen LogP contribution in [-0.2, 0) is 0 Å². The molecule has 0 unspecified atom stereocenters. The zero-order valence-electron chi connectivity index (χ0n) is 11.8. The second-order valence-electron chi connectivity index (χ2n) is 4.81. The van der Waals surface area contributed by atoms with Gasteiger partial charge in [0.2, 0.25) is 0 Å². The molecule has 0 spiro atoms. The molecule has 1 aromatic heterocycles. The van der Waals surface area contributed by atoms with Gasteiger partial charge in [0, 0.05) is 5.39 Å². The van der Waals surface area contributed by atoms with E-state index in [-0.39, 0.29) is 33.6 Å². The van der Waals surface area contributed by atoms with E-state index in [2.05, 4.69) is 5.10 Å². The number of aromatic nitrogens is 2. The predicted octanol–water partition coefficient (Wildman–Crippen LogP) is 3.17. The molecule has 23 heavy (non-hydrogen) atoms. The van der Waals surface area contributed by atoms with Crippen LogP contribution in [0.2, 0.25) is 10.0 Å². The Morgan fingerprint density at radius 1 is 1.04 bits per heavy atom. The van der Waals surface area contributed by atoms with E-state index >= 15 is 0 Å². The van der Waals surface area contributed by atoms with Gasteiger partial charge in [-0.3, -0.25) is 9.59 Å². The molecule has 0 saturated heterocycles. The Labute approximate surface area is 141 Å². The normalized spacial score (nSPS) is 10.9. The minimum atomic E-state index is -0.507. The molecule has 3 rings (SSSR count). The smallest absolute Gasteiger partial charge is 0.281 e. The lowest BCUT2D eigenvalue weighted by Crippen LogP contribution is -2.18. The third-order valence-corrected chi connectivity index (χ3v) is 4.04. The van der Waals surface area contributed by atoms with E-state index in [4.69, 9.17) is 28.9 Å². The van der Waals surface area contributed by atoms with Gasteiger partial charge in [-0.1, -0.05) is 47.5 Å². The van der Waals surface area contributed by atoms with Crippen molar-refractivity contribution in [3.8, 4) is 0 Å². The van der Waals surface area contributed by atoms with Crippen LogP contribution in [0.25, 0.3) is 10.9 Å². The number of hydrogen-bond donors (Lipinski definition) is 1. The number of nitrogens with two attached hydrogens (primary N) is 1. The van der Waals surface area contributed by atoms with E-state index in [0.717, 1.165) is 4.68 Å². The molecular formula is C16H11Cl2N3O2. The van der Waals surface area contributed by atoms with Crippen LogP contribution in [0.5, 0.6) is 0 Å². The number of Topliss-reactive ketones (excluding diaryl/α,β-unsaturated/α-hetero) is 1. The van der Waals surface area contributed by atoms with E-state index < -0.39 is 5.91 Å². The van der Waals surface area contributed by atoms with Crippen LogP contribution in [0.3, 0.4) is 0 Å². The molecule has 0 aliphatic heterocycles. The summed E-state index contributed by atoms with van der Waals surface area (Å²) in [6.45, 7) is -0.192. The van der Waals surface area contributed by atoms with Gasteiger partial charge in [0.05, 0.1) is 27.7 Å². The maximum atomic E-state index is 12.8. The van der Waals surface area contributed by atoms with E-state index in [1.807, 2.05) is 0 Å². The minimum Gasteiger partial charge on any atom is -0.324 e. The SMILES string of the molecule is NCC(=O)c1nn(C(=O)c2c(Cl)cccc2Cl)c2ccccc12. The molecule has 2 aromatic carbocycles. The van der Waals surface area contributed by atoms with Crippen LogP contribution >= 0.6 is 23.2 Å². The molecule has 3 aromatic rings. The van der Waals surface area contributed by atoms with Crippen LogP contribution in [-0.4, -0.2) is 28.0 Å². The summed E-state index contributed by atoms with van der Waals surface area (Å²) in [6.07, 6.45) is 0. The molecule has 0 saturated carbocycles. The van der Waals surface area contributed by atoms with Crippen LogP contribution in [0.15, 0.2) is 42.5 Å². The van der Waals surface area contributed by atoms with Gasteiger partial charge in [-0.2, -0.15) is 9.78 Å². The first-order valence-electron chi connectivity index (χ1n) is 6.74. The number of hydrogen-bond acceptors (Lipinski definition) is 4. The van der Waals surface area contributed by atoms with Crippen molar-refractivity contribution in [3.05, 3.63) is 63.8 Å². The number of benzene rings is 2. The molecule has 0 atom stereocenters. The first kappa shape index (κ1) is 15.7. The maximum absolute atomic E-state index is 12.8. The number of fused-ring (bicyclic) bond motifs is 1. The van der Waals surface area contributed by atoms with E-state index in [1.165, 1.54) is 0 Å². The molecule has 0 aliphatic rings. The summed E-state index contributed by atoms with van der Waals surface area (Å²) in [5.41, 5.74) is 6.19. The Bertz CT molecular complexity index is 914. The van der Waals surface area contributed by atoms with E-state index in [9.17, 15) is 9.59 Å². The van der Waals surface area contributed by atoms with Crippen molar-refractivity contribution in [1.29, 1.82) is 0 Å². The molecule has 0 fully saturated rings. The van der Waals surface area contributed by atoms with Crippen LogP contribution in [0.4, 0.5) is 0 Å². The summed E-state index contributed by atoms with van der Waals surface area (Å²) in [5.74, 6) is -0.856. The minimum absolute atomic E-state index is 0.135. The molecule has 0 amide bonds. The maximum Gasteiger partial charge on any atom is 0.281 e. The molecule has 1 heterocycles. The molecule has 5 nitrogen and oxygen atoms in total. The van der Waals surface area contributed by atoms with Crippen LogP contribution < -0.4 is 5.73 Å². The molecule has 7 heteroatoms. The van der Waals surface area contributed by atoms with Crippen molar-refractivity contribution in [2.75, 3.05) is 6.54 Å². The number of nitrogens with zero attached hydrogens (tertiary/aromatic N) is 2. The van der Waals surface area contributed by atoms with Gasteiger partial charge in [-0.15, -0.1) is 0 Å². The van der Waals surface area contributed by atoms with Crippen molar-refractivity contribution in [3.63, 3.8) is 0 Å². The summed E-state index contributed by atoms with van der Waals surface area (Å²) in [7, 11) is 0.